The third kappa shape index (κ3) is 2.87. The molecule has 1 unspecified atom stereocenters. The Morgan fingerprint density at radius 2 is 2.24 bits per heavy atom. The van der Waals surface area contributed by atoms with E-state index in [1.54, 1.807) is 24.4 Å². The Hall–Kier alpha value is -1.33. The van der Waals surface area contributed by atoms with Crippen molar-refractivity contribution in [3.63, 3.8) is 0 Å². The van der Waals surface area contributed by atoms with Crippen LogP contribution in [0.4, 0.5) is 10.1 Å². The smallest absolute Gasteiger partial charge is 0.227 e. The average Bonchev–Trinajstić information content (AvgIpc) is 2.29. The summed E-state index contributed by atoms with van der Waals surface area (Å²) in [4.78, 5) is 9.74. The first kappa shape index (κ1) is 12.1. The maximum Gasteiger partial charge on any atom is 0.227 e. The molecular weight excluding hydrogens is 266 g/mol. The first-order valence-corrected chi connectivity index (χ1v) is 5.58. The minimum absolute atomic E-state index is 0.0370. The van der Waals surface area contributed by atoms with Gasteiger partial charge in [-0.05, 0) is 18.2 Å². The number of guanidine groups is 1. The summed E-state index contributed by atoms with van der Waals surface area (Å²) >= 11 is 11.6. The molecule has 0 aliphatic carbocycles. The molecule has 2 rings (SSSR count). The van der Waals surface area contributed by atoms with Crippen LogP contribution in [0.5, 0.6) is 0 Å². The van der Waals surface area contributed by atoms with Crippen LogP contribution >= 0.6 is 23.2 Å². The second-order valence-corrected chi connectivity index (χ2v) is 4.22. The number of nitrogens with zero attached hydrogens (tertiary/aromatic N) is 3. The number of halogens is 3. The van der Waals surface area contributed by atoms with Crippen molar-refractivity contribution in [2.75, 3.05) is 12.4 Å². The van der Waals surface area contributed by atoms with Gasteiger partial charge in [-0.2, -0.15) is 0 Å². The molecule has 7 heteroatoms. The monoisotopic (exact) mass is 274 g/mol. The molecule has 1 aromatic carbocycles. The summed E-state index contributed by atoms with van der Waals surface area (Å²) in [6, 6.07) is 4.26. The SMILES string of the molecule is CN1C=NC(Nc2ccc(F)c(Cl)c2)=NC1Cl. The molecule has 90 valence electrons. The number of rotatable bonds is 1. The molecule has 1 aliphatic heterocycles. The van der Waals surface area contributed by atoms with E-state index in [1.807, 2.05) is 0 Å². The molecule has 1 atom stereocenters. The molecular formula is C10H9Cl2FN4. The maximum atomic E-state index is 12.9. The van der Waals surface area contributed by atoms with E-state index in [2.05, 4.69) is 15.3 Å². The third-order valence-corrected chi connectivity index (χ3v) is 2.80. The van der Waals surface area contributed by atoms with Crippen LogP contribution in [0.3, 0.4) is 0 Å². The van der Waals surface area contributed by atoms with Crippen LogP contribution in [0.2, 0.25) is 5.02 Å². The molecule has 0 bridgehead atoms. The first-order chi connectivity index (χ1) is 8.06. The Labute approximate surface area is 108 Å². The van der Waals surface area contributed by atoms with Gasteiger partial charge in [-0.3, -0.25) is 0 Å². The first-order valence-electron chi connectivity index (χ1n) is 4.76. The topological polar surface area (TPSA) is 40.0 Å². The number of anilines is 1. The van der Waals surface area contributed by atoms with Crippen LogP contribution in [-0.4, -0.2) is 29.9 Å². The van der Waals surface area contributed by atoms with Crippen molar-refractivity contribution in [3.8, 4) is 0 Å². The van der Waals surface area contributed by atoms with Crippen molar-refractivity contribution >= 4 is 41.2 Å². The van der Waals surface area contributed by atoms with Gasteiger partial charge >= 0.3 is 0 Å². The molecule has 0 fully saturated rings. The highest BCUT2D eigenvalue weighted by atomic mass is 35.5. The third-order valence-electron chi connectivity index (χ3n) is 2.10. The minimum atomic E-state index is -0.508. The quantitative estimate of drug-likeness (QED) is 0.632. The van der Waals surface area contributed by atoms with Gasteiger partial charge in [0.25, 0.3) is 0 Å². The van der Waals surface area contributed by atoms with E-state index in [-0.39, 0.29) is 5.02 Å². The fraction of sp³-hybridized carbons (Fsp3) is 0.200. The summed E-state index contributed by atoms with van der Waals surface area (Å²) < 4.78 is 12.9. The van der Waals surface area contributed by atoms with Crippen molar-refractivity contribution in [3.05, 3.63) is 29.0 Å². The lowest BCUT2D eigenvalue weighted by Gasteiger charge is -2.21. The zero-order valence-electron chi connectivity index (χ0n) is 8.86. The number of alkyl halides is 1. The molecule has 17 heavy (non-hydrogen) atoms. The zero-order chi connectivity index (χ0) is 12.4. The van der Waals surface area contributed by atoms with Crippen LogP contribution in [0, 0.1) is 5.82 Å². The Morgan fingerprint density at radius 3 is 2.88 bits per heavy atom. The Morgan fingerprint density at radius 1 is 1.47 bits per heavy atom. The van der Waals surface area contributed by atoms with Gasteiger partial charge in [0.1, 0.15) is 5.82 Å². The molecule has 1 heterocycles. The molecule has 1 aromatic rings. The lowest BCUT2D eigenvalue weighted by molar-refractivity contribution is 0.485. The summed E-state index contributed by atoms with van der Waals surface area (Å²) in [5.74, 6) is -0.118. The van der Waals surface area contributed by atoms with Gasteiger partial charge in [-0.15, -0.1) is 0 Å². The van der Waals surface area contributed by atoms with Gasteiger partial charge in [0.15, 0.2) is 0 Å². The predicted octanol–water partition coefficient (Wildman–Crippen LogP) is 2.74. The van der Waals surface area contributed by atoms with Crippen molar-refractivity contribution < 1.29 is 4.39 Å². The fourth-order valence-corrected chi connectivity index (χ4v) is 1.52. The van der Waals surface area contributed by atoms with Gasteiger partial charge in [0, 0.05) is 12.7 Å². The molecule has 1 aliphatic rings. The van der Waals surface area contributed by atoms with Crippen LogP contribution in [0.15, 0.2) is 28.2 Å². The minimum Gasteiger partial charge on any atom is -0.331 e. The van der Waals surface area contributed by atoms with Gasteiger partial charge in [-0.1, -0.05) is 23.2 Å². The average molecular weight is 275 g/mol. The van der Waals surface area contributed by atoms with Crippen molar-refractivity contribution in [1.29, 1.82) is 0 Å². The Balaban J connectivity index is 2.14. The number of aliphatic imine (C=N–C) groups is 2. The lowest BCUT2D eigenvalue weighted by Crippen LogP contribution is -2.31. The van der Waals surface area contributed by atoms with Crippen LogP contribution < -0.4 is 5.32 Å². The highest BCUT2D eigenvalue weighted by molar-refractivity contribution is 6.31. The summed E-state index contributed by atoms with van der Waals surface area (Å²) in [7, 11) is 1.76. The van der Waals surface area contributed by atoms with E-state index < -0.39 is 11.4 Å². The highest BCUT2D eigenvalue weighted by Crippen LogP contribution is 2.20. The van der Waals surface area contributed by atoms with Crippen LogP contribution in [0.25, 0.3) is 0 Å². The number of hydrogen-bond acceptors (Lipinski definition) is 4. The summed E-state index contributed by atoms with van der Waals surface area (Å²) in [5.41, 5.74) is 0.0895. The van der Waals surface area contributed by atoms with E-state index in [0.29, 0.717) is 11.6 Å². The summed E-state index contributed by atoms with van der Waals surface area (Å²) in [6.45, 7) is 0. The van der Waals surface area contributed by atoms with E-state index in [9.17, 15) is 4.39 Å². The predicted molar refractivity (Wildman–Crippen MR) is 68.4 cm³/mol. The molecule has 0 amide bonds. The lowest BCUT2D eigenvalue weighted by atomic mass is 10.3. The van der Waals surface area contributed by atoms with Crippen molar-refractivity contribution in [2.45, 2.75) is 5.62 Å². The van der Waals surface area contributed by atoms with E-state index in [4.69, 9.17) is 23.2 Å². The normalized spacial score (nSPS) is 19.2. The Bertz CT molecular complexity index is 489. The Kier molecular flexibility index (Phi) is 3.49. The molecule has 4 nitrogen and oxygen atoms in total. The van der Waals surface area contributed by atoms with E-state index in [1.165, 1.54) is 12.1 Å². The second-order valence-electron chi connectivity index (χ2n) is 3.43. The summed E-state index contributed by atoms with van der Waals surface area (Å²) in [6.07, 6.45) is 1.55. The number of nitrogens with one attached hydrogen (secondary N) is 1. The highest BCUT2D eigenvalue weighted by Gasteiger charge is 2.13. The molecule has 1 N–H and O–H groups in total. The fourth-order valence-electron chi connectivity index (χ4n) is 1.19. The van der Waals surface area contributed by atoms with Crippen molar-refractivity contribution in [1.82, 2.24) is 4.90 Å². The molecule has 0 saturated heterocycles. The molecule has 0 radical (unpaired) electrons. The zero-order valence-corrected chi connectivity index (χ0v) is 10.4. The largest absolute Gasteiger partial charge is 0.331 e. The summed E-state index contributed by atoms with van der Waals surface area (Å²) in [5, 5.41) is 2.93. The van der Waals surface area contributed by atoms with Crippen LogP contribution in [0.1, 0.15) is 0 Å². The second kappa shape index (κ2) is 4.89. The van der Waals surface area contributed by atoms with Gasteiger partial charge in [0.05, 0.1) is 11.4 Å². The maximum absolute atomic E-state index is 12.9. The van der Waals surface area contributed by atoms with Gasteiger partial charge in [-0.25, -0.2) is 14.4 Å². The van der Waals surface area contributed by atoms with Gasteiger partial charge < -0.3 is 10.2 Å². The number of hydrogen-bond donors (Lipinski definition) is 1. The van der Waals surface area contributed by atoms with E-state index >= 15 is 0 Å². The van der Waals surface area contributed by atoms with Gasteiger partial charge in [0.2, 0.25) is 11.6 Å². The molecule has 0 aromatic heterocycles. The van der Waals surface area contributed by atoms with E-state index in [0.717, 1.165) is 0 Å². The van der Waals surface area contributed by atoms with Crippen molar-refractivity contribution in [2.24, 2.45) is 9.98 Å². The van der Waals surface area contributed by atoms with Crippen LogP contribution in [-0.2, 0) is 0 Å². The number of benzene rings is 1. The molecule has 0 spiro atoms. The molecule has 0 saturated carbocycles. The standard InChI is InChI=1S/C10H9Cl2FN4/c1-17-5-14-10(16-9(17)12)15-6-2-3-8(13)7(11)4-6/h2-5,9H,1H3,(H,15,16).